The molecule has 146 valence electrons. The van der Waals surface area contributed by atoms with E-state index in [9.17, 15) is 9.50 Å². The van der Waals surface area contributed by atoms with E-state index in [1.807, 2.05) is 26.0 Å². The number of hydrogen-bond acceptors (Lipinski definition) is 3. The van der Waals surface area contributed by atoms with E-state index in [0.29, 0.717) is 18.8 Å². The van der Waals surface area contributed by atoms with E-state index in [1.54, 1.807) is 6.07 Å². The second-order valence-electron chi connectivity index (χ2n) is 7.59. The number of nitrogens with zero attached hydrogens (tertiary/aromatic N) is 1. The van der Waals surface area contributed by atoms with Crippen LogP contribution in [0.1, 0.15) is 16.7 Å². The molecule has 2 aromatic carbocycles. The first-order chi connectivity index (χ1) is 12.9. The van der Waals surface area contributed by atoms with Gasteiger partial charge in [-0.3, -0.25) is 0 Å². The molecule has 0 bridgehead atoms. The van der Waals surface area contributed by atoms with E-state index in [0.717, 1.165) is 43.1 Å². The van der Waals surface area contributed by atoms with E-state index in [2.05, 4.69) is 24.0 Å². The van der Waals surface area contributed by atoms with Crippen molar-refractivity contribution in [1.29, 1.82) is 0 Å². The first kappa shape index (κ1) is 19.6. The van der Waals surface area contributed by atoms with Crippen molar-refractivity contribution >= 4 is 5.69 Å². The number of aliphatic hydroxyl groups is 1. The lowest BCUT2D eigenvalue weighted by molar-refractivity contribution is -0.903. The largest absolute Gasteiger partial charge is 0.490 e. The number of piperazine rings is 1. The molecule has 0 saturated carbocycles. The van der Waals surface area contributed by atoms with Gasteiger partial charge in [-0.25, -0.2) is 4.39 Å². The van der Waals surface area contributed by atoms with Crippen LogP contribution in [0.25, 0.3) is 0 Å². The molecule has 0 amide bonds. The third-order valence-corrected chi connectivity index (χ3v) is 5.21. The number of rotatable bonds is 6. The van der Waals surface area contributed by atoms with Gasteiger partial charge in [-0.05, 0) is 44.0 Å². The molecule has 0 unspecified atom stereocenters. The molecule has 3 rings (SSSR count). The Hall–Kier alpha value is -2.11. The smallest absolute Gasteiger partial charge is 0.146 e. The number of anilines is 1. The molecule has 1 aliphatic heterocycles. The lowest BCUT2D eigenvalue weighted by atomic mass is 10.1. The fourth-order valence-corrected chi connectivity index (χ4v) is 3.94. The van der Waals surface area contributed by atoms with Crippen LogP contribution in [0.5, 0.6) is 5.75 Å². The Morgan fingerprint density at radius 1 is 1.11 bits per heavy atom. The normalized spacial score (nSPS) is 16.4. The maximum absolute atomic E-state index is 13.9. The van der Waals surface area contributed by atoms with Crippen LogP contribution in [0, 0.1) is 26.6 Å². The predicted octanol–water partition coefficient (Wildman–Crippen LogP) is 1.90. The maximum Gasteiger partial charge on any atom is 0.146 e. The molecule has 4 nitrogen and oxygen atoms in total. The minimum absolute atomic E-state index is 0.168. The minimum Gasteiger partial charge on any atom is -0.490 e. The highest BCUT2D eigenvalue weighted by atomic mass is 19.1. The number of benzene rings is 2. The number of quaternary nitrogens is 1. The van der Waals surface area contributed by atoms with E-state index in [1.165, 1.54) is 16.5 Å². The molecule has 1 atom stereocenters. The van der Waals surface area contributed by atoms with Gasteiger partial charge in [-0.2, -0.15) is 0 Å². The second kappa shape index (κ2) is 8.72. The molecule has 2 N–H and O–H groups in total. The summed E-state index contributed by atoms with van der Waals surface area (Å²) in [4.78, 5) is 3.41. The van der Waals surface area contributed by atoms with Crippen molar-refractivity contribution in [2.75, 3.05) is 44.2 Å². The summed E-state index contributed by atoms with van der Waals surface area (Å²) in [7, 11) is 0. The number of ether oxygens (including phenoxy) is 1. The Bertz CT molecular complexity index is 750. The summed E-state index contributed by atoms with van der Waals surface area (Å²) >= 11 is 0. The quantitative estimate of drug-likeness (QED) is 0.812. The lowest BCUT2D eigenvalue weighted by Gasteiger charge is -2.34. The van der Waals surface area contributed by atoms with Crippen LogP contribution in [0.4, 0.5) is 10.1 Å². The third kappa shape index (κ3) is 4.99. The highest BCUT2D eigenvalue weighted by Gasteiger charge is 2.24. The summed E-state index contributed by atoms with van der Waals surface area (Å²) in [6.45, 7) is 10.4. The van der Waals surface area contributed by atoms with Crippen molar-refractivity contribution in [3.8, 4) is 5.75 Å². The zero-order chi connectivity index (χ0) is 19.4. The molecule has 1 saturated heterocycles. The van der Waals surface area contributed by atoms with Crippen LogP contribution < -0.4 is 14.5 Å². The zero-order valence-electron chi connectivity index (χ0n) is 16.5. The molecule has 0 aromatic heterocycles. The number of hydrogen-bond donors (Lipinski definition) is 2. The predicted molar refractivity (Wildman–Crippen MR) is 106 cm³/mol. The van der Waals surface area contributed by atoms with Gasteiger partial charge >= 0.3 is 0 Å². The Kier molecular flexibility index (Phi) is 6.34. The van der Waals surface area contributed by atoms with Crippen LogP contribution in [-0.2, 0) is 0 Å². The summed E-state index contributed by atoms with van der Waals surface area (Å²) < 4.78 is 19.8. The Labute approximate surface area is 161 Å². The standard InChI is InChI=1S/C22H29FN2O2/c1-16-12-17(2)22(18(3)13-16)27-15-19(26)14-24-8-10-25(11-9-24)21-7-5-4-6-20(21)23/h4-7,12-13,19,26H,8-11,14-15H2,1-3H3/p+1/t19-/m0/s1. The Balaban J connectivity index is 1.47. The first-order valence-electron chi connectivity index (χ1n) is 9.66. The van der Waals surface area contributed by atoms with Gasteiger partial charge in [0, 0.05) is 0 Å². The molecule has 1 fully saturated rings. The minimum atomic E-state index is -0.514. The van der Waals surface area contributed by atoms with Crippen LogP contribution >= 0.6 is 0 Å². The number of halogens is 1. The lowest BCUT2D eigenvalue weighted by Crippen LogP contribution is -3.16. The second-order valence-corrected chi connectivity index (χ2v) is 7.59. The molecule has 0 aliphatic carbocycles. The molecule has 0 spiro atoms. The molecule has 0 radical (unpaired) electrons. The van der Waals surface area contributed by atoms with Crippen LogP contribution in [0.15, 0.2) is 36.4 Å². The molecule has 2 aromatic rings. The van der Waals surface area contributed by atoms with Gasteiger partial charge in [0.25, 0.3) is 0 Å². The molecule has 1 heterocycles. The molecule has 27 heavy (non-hydrogen) atoms. The molecule has 5 heteroatoms. The zero-order valence-corrected chi connectivity index (χ0v) is 16.5. The van der Waals surface area contributed by atoms with Crippen molar-refractivity contribution in [1.82, 2.24) is 0 Å². The van der Waals surface area contributed by atoms with Crippen molar-refractivity contribution in [2.24, 2.45) is 0 Å². The van der Waals surface area contributed by atoms with Gasteiger partial charge in [0.2, 0.25) is 0 Å². The fraction of sp³-hybridized carbons (Fsp3) is 0.455. The van der Waals surface area contributed by atoms with Crippen LogP contribution in [-0.4, -0.2) is 50.5 Å². The maximum atomic E-state index is 13.9. The summed E-state index contributed by atoms with van der Waals surface area (Å²) in [5, 5.41) is 10.4. The SMILES string of the molecule is Cc1cc(C)c(OC[C@@H](O)C[NH+]2CCN(c3ccccc3F)CC2)c(C)c1. The topological polar surface area (TPSA) is 37.1 Å². The van der Waals surface area contributed by atoms with Gasteiger partial charge in [0.05, 0.1) is 31.9 Å². The van der Waals surface area contributed by atoms with Gasteiger partial charge in [-0.1, -0.05) is 29.8 Å². The van der Waals surface area contributed by atoms with Crippen molar-refractivity contribution in [3.05, 3.63) is 58.9 Å². The van der Waals surface area contributed by atoms with Gasteiger partial charge in [0.1, 0.15) is 30.8 Å². The average molecular weight is 373 g/mol. The summed E-state index contributed by atoms with van der Waals surface area (Å²) in [6.07, 6.45) is -0.514. The summed E-state index contributed by atoms with van der Waals surface area (Å²) in [5.41, 5.74) is 4.09. The van der Waals surface area contributed by atoms with Crippen LogP contribution in [0.3, 0.4) is 0 Å². The Morgan fingerprint density at radius 2 is 1.74 bits per heavy atom. The summed E-state index contributed by atoms with van der Waals surface area (Å²) in [5.74, 6) is 0.706. The monoisotopic (exact) mass is 373 g/mol. The fourth-order valence-electron chi connectivity index (χ4n) is 3.94. The van der Waals surface area contributed by atoms with Gasteiger partial charge < -0.3 is 19.6 Å². The molecular formula is C22H30FN2O2+. The van der Waals surface area contributed by atoms with Gasteiger partial charge in [-0.15, -0.1) is 0 Å². The Morgan fingerprint density at radius 3 is 2.37 bits per heavy atom. The highest BCUT2D eigenvalue weighted by Crippen LogP contribution is 2.24. The van der Waals surface area contributed by atoms with E-state index >= 15 is 0 Å². The van der Waals surface area contributed by atoms with E-state index < -0.39 is 6.10 Å². The first-order valence-corrected chi connectivity index (χ1v) is 9.66. The van der Waals surface area contributed by atoms with Crippen LogP contribution in [0.2, 0.25) is 0 Å². The van der Waals surface area contributed by atoms with E-state index in [-0.39, 0.29) is 5.82 Å². The number of aliphatic hydroxyl groups excluding tert-OH is 1. The average Bonchev–Trinajstić information content (AvgIpc) is 2.62. The number of para-hydroxylation sites is 1. The van der Waals surface area contributed by atoms with Crippen molar-refractivity contribution < 1.29 is 19.1 Å². The van der Waals surface area contributed by atoms with Gasteiger partial charge in [0.15, 0.2) is 0 Å². The number of nitrogens with one attached hydrogen (secondary N) is 1. The number of aryl methyl sites for hydroxylation is 3. The third-order valence-electron chi connectivity index (χ3n) is 5.21. The van der Waals surface area contributed by atoms with E-state index in [4.69, 9.17) is 4.74 Å². The van der Waals surface area contributed by atoms with Crippen molar-refractivity contribution in [2.45, 2.75) is 26.9 Å². The highest BCUT2D eigenvalue weighted by molar-refractivity contribution is 5.47. The molecule has 1 aliphatic rings. The summed E-state index contributed by atoms with van der Waals surface area (Å²) in [6, 6.07) is 11.1. The van der Waals surface area contributed by atoms with Crippen molar-refractivity contribution in [3.63, 3.8) is 0 Å². The molecular weight excluding hydrogens is 343 g/mol.